The van der Waals surface area contributed by atoms with Crippen LogP contribution in [0.25, 0.3) is 11.4 Å². The molecule has 0 fully saturated rings. The molecule has 1 aromatic heterocycles. The molecular formula is C9H4F2N2O2S. The van der Waals surface area contributed by atoms with E-state index in [1.807, 2.05) is 0 Å². The number of hydrogen-bond acceptors (Lipinski definition) is 4. The quantitative estimate of drug-likeness (QED) is 0.876. The smallest absolute Gasteiger partial charge is 0.366 e. The van der Waals surface area contributed by atoms with Crippen LogP contribution in [0.1, 0.15) is 9.80 Å². The summed E-state index contributed by atoms with van der Waals surface area (Å²) in [6.45, 7) is 0. The number of aromatic nitrogens is 2. The number of hydrogen-bond donors (Lipinski definition) is 1. The largest absolute Gasteiger partial charge is 0.476 e. The van der Waals surface area contributed by atoms with Crippen molar-refractivity contribution in [2.45, 2.75) is 0 Å². The van der Waals surface area contributed by atoms with Crippen molar-refractivity contribution in [2.24, 2.45) is 0 Å². The summed E-state index contributed by atoms with van der Waals surface area (Å²) in [4.78, 5) is 14.1. The molecule has 0 aliphatic carbocycles. The maximum Gasteiger partial charge on any atom is 0.366 e. The zero-order valence-corrected chi connectivity index (χ0v) is 8.46. The summed E-state index contributed by atoms with van der Waals surface area (Å²) in [5.74, 6) is -3.18. The van der Waals surface area contributed by atoms with E-state index in [4.69, 9.17) is 5.11 Å². The Bertz CT molecular complexity index is 536. The summed E-state index contributed by atoms with van der Waals surface area (Å²) in [5, 5.41) is 8.30. The van der Waals surface area contributed by atoms with Gasteiger partial charge in [-0.05, 0) is 23.7 Å². The van der Waals surface area contributed by atoms with E-state index >= 15 is 0 Å². The van der Waals surface area contributed by atoms with E-state index in [0.29, 0.717) is 11.5 Å². The van der Waals surface area contributed by atoms with Gasteiger partial charge < -0.3 is 5.11 Å². The predicted molar refractivity (Wildman–Crippen MR) is 52.2 cm³/mol. The normalized spacial score (nSPS) is 10.4. The fourth-order valence-electron chi connectivity index (χ4n) is 1.12. The maximum absolute atomic E-state index is 13.3. The molecule has 0 aliphatic heterocycles. The lowest BCUT2D eigenvalue weighted by Gasteiger charge is -1.98. The second-order valence-electron chi connectivity index (χ2n) is 2.82. The van der Waals surface area contributed by atoms with Gasteiger partial charge in [0.25, 0.3) is 0 Å². The van der Waals surface area contributed by atoms with Crippen molar-refractivity contribution in [2.75, 3.05) is 0 Å². The highest BCUT2D eigenvalue weighted by Crippen LogP contribution is 2.24. The van der Waals surface area contributed by atoms with Crippen LogP contribution in [0.15, 0.2) is 18.2 Å². The predicted octanol–water partition coefficient (Wildman–Crippen LogP) is 2.18. The van der Waals surface area contributed by atoms with E-state index < -0.39 is 23.2 Å². The molecule has 7 heteroatoms. The number of benzene rings is 1. The van der Waals surface area contributed by atoms with Gasteiger partial charge in [-0.25, -0.2) is 18.6 Å². The average molecular weight is 242 g/mol. The van der Waals surface area contributed by atoms with Crippen LogP contribution in [0.2, 0.25) is 0 Å². The summed E-state index contributed by atoms with van der Waals surface area (Å²) in [6, 6.07) is 3.32. The molecule has 1 heterocycles. The van der Waals surface area contributed by atoms with Gasteiger partial charge in [0.05, 0.1) is 5.56 Å². The van der Waals surface area contributed by atoms with Crippen molar-refractivity contribution in [3.05, 3.63) is 34.8 Å². The molecule has 16 heavy (non-hydrogen) atoms. The molecule has 4 nitrogen and oxygen atoms in total. The maximum atomic E-state index is 13.3. The molecule has 0 unspecified atom stereocenters. The first-order valence-electron chi connectivity index (χ1n) is 4.11. The Morgan fingerprint density at radius 1 is 1.31 bits per heavy atom. The molecule has 0 bridgehead atoms. The third-order valence-corrected chi connectivity index (χ3v) is 2.50. The molecule has 82 valence electrons. The lowest BCUT2D eigenvalue weighted by molar-refractivity contribution is 0.0696. The second kappa shape index (κ2) is 3.93. The van der Waals surface area contributed by atoms with Gasteiger partial charge in [-0.2, -0.15) is 4.37 Å². The summed E-state index contributed by atoms with van der Waals surface area (Å²) < 4.78 is 30.2. The number of rotatable bonds is 2. The average Bonchev–Trinajstić information content (AvgIpc) is 2.66. The summed E-state index contributed by atoms with van der Waals surface area (Å²) >= 11 is 0.576. The highest BCUT2D eigenvalue weighted by molar-refractivity contribution is 7.07. The SMILES string of the molecule is O=C(O)c1nc(-c2c(F)cccc2F)ns1. The van der Waals surface area contributed by atoms with Crippen LogP contribution in [-0.4, -0.2) is 20.4 Å². The fourth-order valence-corrected chi connectivity index (χ4v) is 1.63. The molecule has 2 rings (SSSR count). The highest BCUT2D eigenvalue weighted by Gasteiger charge is 2.18. The molecule has 0 atom stereocenters. The molecule has 0 saturated heterocycles. The molecule has 1 N–H and O–H groups in total. The van der Waals surface area contributed by atoms with Crippen molar-refractivity contribution in [3.63, 3.8) is 0 Å². The van der Waals surface area contributed by atoms with Gasteiger partial charge in [0.1, 0.15) is 11.6 Å². The van der Waals surface area contributed by atoms with Crippen molar-refractivity contribution < 1.29 is 18.7 Å². The second-order valence-corrected chi connectivity index (χ2v) is 3.58. The number of aromatic carboxylic acids is 1. The summed E-state index contributed by atoms with van der Waals surface area (Å²) in [5.41, 5.74) is -0.411. The van der Waals surface area contributed by atoms with Gasteiger partial charge >= 0.3 is 5.97 Å². The molecule has 0 saturated carbocycles. The van der Waals surface area contributed by atoms with Gasteiger partial charge in [0.2, 0.25) is 5.01 Å². The Hall–Kier alpha value is -1.89. The summed E-state index contributed by atoms with van der Waals surface area (Å²) in [7, 11) is 0. The molecular weight excluding hydrogens is 238 g/mol. The van der Waals surface area contributed by atoms with E-state index in [1.54, 1.807) is 0 Å². The van der Waals surface area contributed by atoms with E-state index in [9.17, 15) is 13.6 Å². The van der Waals surface area contributed by atoms with Gasteiger partial charge in [0, 0.05) is 0 Å². The van der Waals surface area contributed by atoms with E-state index in [2.05, 4.69) is 9.36 Å². The van der Waals surface area contributed by atoms with Gasteiger partial charge in [0.15, 0.2) is 5.82 Å². The Labute approximate surface area is 92.4 Å². The Morgan fingerprint density at radius 2 is 1.94 bits per heavy atom. The highest BCUT2D eigenvalue weighted by atomic mass is 32.1. The number of carboxylic acid groups (broad SMARTS) is 1. The zero-order chi connectivity index (χ0) is 11.7. The van der Waals surface area contributed by atoms with Crippen LogP contribution in [0.5, 0.6) is 0 Å². The minimum Gasteiger partial charge on any atom is -0.476 e. The lowest BCUT2D eigenvalue weighted by atomic mass is 10.2. The van der Waals surface area contributed by atoms with Crippen LogP contribution in [0.4, 0.5) is 8.78 Å². The minimum absolute atomic E-state index is 0.252. The van der Waals surface area contributed by atoms with Crippen molar-refractivity contribution >= 4 is 17.5 Å². The van der Waals surface area contributed by atoms with Crippen LogP contribution in [-0.2, 0) is 0 Å². The molecule has 0 amide bonds. The number of nitrogens with zero attached hydrogens (tertiary/aromatic N) is 2. The standard InChI is InChI=1S/C9H4F2N2O2S/c10-4-2-1-3-5(11)6(4)7-12-8(9(14)15)16-13-7/h1-3H,(H,14,15). The van der Waals surface area contributed by atoms with E-state index in [1.165, 1.54) is 6.07 Å². The first-order valence-corrected chi connectivity index (χ1v) is 4.88. The Morgan fingerprint density at radius 3 is 2.44 bits per heavy atom. The van der Waals surface area contributed by atoms with Crippen molar-refractivity contribution in [3.8, 4) is 11.4 Å². The molecule has 0 radical (unpaired) electrons. The van der Waals surface area contributed by atoms with Gasteiger partial charge in [-0.1, -0.05) is 6.07 Å². The van der Waals surface area contributed by atoms with Gasteiger partial charge in [-0.3, -0.25) is 0 Å². The summed E-state index contributed by atoms with van der Waals surface area (Å²) in [6.07, 6.45) is 0. The third-order valence-electron chi connectivity index (χ3n) is 1.80. The minimum atomic E-state index is -1.28. The number of carbonyl (C=O) groups is 1. The fraction of sp³-hybridized carbons (Fsp3) is 0. The first kappa shape index (κ1) is 10.6. The van der Waals surface area contributed by atoms with Crippen LogP contribution in [0, 0.1) is 11.6 Å². The third kappa shape index (κ3) is 1.76. The Balaban J connectivity index is 2.54. The topological polar surface area (TPSA) is 63.1 Å². The van der Waals surface area contributed by atoms with Crippen LogP contribution < -0.4 is 0 Å². The van der Waals surface area contributed by atoms with Crippen LogP contribution in [0.3, 0.4) is 0 Å². The number of carboxylic acids is 1. The van der Waals surface area contributed by atoms with E-state index in [0.717, 1.165) is 12.1 Å². The molecule has 0 aliphatic rings. The Kier molecular flexibility index (Phi) is 2.61. The van der Waals surface area contributed by atoms with Gasteiger partial charge in [-0.15, -0.1) is 0 Å². The monoisotopic (exact) mass is 242 g/mol. The first-order chi connectivity index (χ1) is 7.59. The number of halogens is 2. The van der Waals surface area contributed by atoms with Crippen LogP contribution >= 0.6 is 11.5 Å². The zero-order valence-electron chi connectivity index (χ0n) is 7.65. The van der Waals surface area contributed by atoms with E-state index in [-0.39, 0.29) is 10.8 Å². The molecule has 0 spiro atoms. The van der Waals surface area contributed by atoms with Crippen molar-refractivity contribution in [1.29, 1.82) is 0 Å². The molecule has 2 aromatic rings. The lowest BCUT2D eigenvalue weighted by Crippen LogP contribution is -1.96. The molecule has 1 aromatic carbocycles. The van der Waals surface area contributed by atoms with Crippen molar-refractivity contribution in [1.82, 2.24) is 9.36 Å².